The highest BCUT2D eigenvalue weighted by molar-refractivity contribution is 5.41. The van der Waals surface area contributed by atoms with Crippen LogP contribution in [0.4, 0.5) is 0 Å². The summed E-state index contributed by atoms with van der Waals surface area (Å²) in [6.45, 7) is 22.7. The van der Waals surface area contributed by atoms with E-state index in [0.717, 1.165) is 12.8 Å². The van der Waals surface area contributed by atoms with E-state index in [2.05, 4.69) is 118 Å². The van der Waals surface area contributed by atoms with Gasteiger partial charge in [-0.15, -0.1) is 0 Å². The van der Waals surface area contributed by atoms with Crippen LogP contribution in [0, 0.1) is 0 Å². The Hall–Kier alpha value is -1.72. The second kappa shape index (κ2) is 12.0. The summed E-state index contributed by atoms with van der Waals surface area (Å²) in [5, 5.41) is 0. The van der Waals surface area contributed by atoms with Crippen molar-refractivity contribution in [3.8, 4) is 0 Å². The van der Waals surface area contributed by atoms with E-state index < -0.39 is 0 Å². The van der Waals surface area contributed by atoms with Crippen LogP contribution in [-0.4, -0.2) is 38.6 Å². The normalized spacial score (nSPS) is 13.7. The summed E-state index contributed by atoms with van der Waals surface area (Å²) in [5.74, 6) is 0. The van der Waals surface area contributed by atoms with E-state index in [0.29, 0.717) is 13.2 Å². The van der Waals surface area contributed by atoms with Gasteiger partial charge in [-0.2, -0.15) is 0 Å². The van der Waals surface area contributed by atoms with Crippen LogP contribution in [0.5, 0.6) is 0 Å². The van der Waals surface area contributed by atoms with Gasteiger partial charge in [0.05, 0.1) is 35.6 Å². The summed E-state index contributed by atoms with van der Waals surface area (Å²) in [7, 11) is 3.50. The number of methoxy groups -OCH3 is 2. The Bertz CT molecular complexity index is 887. The van der Waals surface area contributed by atoms with Gasteiger partial charge in [0.15, 0.2) is 0 Å². The minimum Gasteiger partial charge on any atom is -0.379 e. The quantitative estimate of drug-likeness (QED) is 0.256. The molecule has 37 heavy (non-hydrogen) atoms. The van der Waals surface area contributed by atoms with E-state index in [-0.39, 0.29) is 27.8 Å². The van der Waals surface area contributed by atoms with Crippen LogP contribution in [0.25, 0.3) is 0 Å². The van der Waals surface area contributed by atoms with Crippen molar-refractivity contribution in [2.75, 3.05) is 27.4 Å². The third-order valence-corrected chi connectivity index (χ3v) is 8.04. The Balaban J connectivity index is 2.09. The highest BCUT2D eigenvalue weighted by Gasteiger charge is 2.28. The van der Waals surface area contributed by atoms with Crippen LogP contribution in [0.15, 0.2) is 48.5 Å². The van der Waals surface area contributed by atoms with E-state index in [9.17, 15) is 0 Å². The van der Waals surface area contributed by atoms with Crippen LogP contribution in [0.2, 0.25) is 0 Å². The first-order valence-corrected chi connectivity index (χ1v) is 13.6. The van der Waals surface area contributed by atoms with Gasteiger partial charge >= 0.3 is 0 Å². The lowest BCUT2D eigenvalue weighted by Crippen LogP contribution is -2.29. The predicted molar refractivity (Wildman–Crippen MR) is 154 cm³/mol. The Morgan fingerprint density at radius 3 is 1.00 bits per heavy atom. The molecule has 0 saturated carbocycles. The van der Waals surface area contributed by atoms with Gasteiger partial charge in [0, 0.05) is 19.6 Å². The molecule has 0 aliphatic carbocycles. The average Bonchev–Trinajstić information content (AvgIpc) is 2.83. The number of ether oxygens (including phenoxy) is 4. The maximum absolute atomic E-state index is 6.26. The van der Waals surface area contributed by atoms with Gasteiger partial charge in [0.1, 0.15) is 0 Å². The van der Waals surface area contributed by atoms with Gasteiger partial charge in [-0.3, -0.25) is 0 Å². The topological polar surface area (TPSA) is 36.9 Å². The molecule has 0 radical (unpaired) electrons. The van der Waals surface area contributed by atoms with Crippen LogP contribution in [0.1, 0.15) is 104 Å². The number of rotatable bonds is 14. The fourth-order valence-corrected chi connectivity index (χ4v) is 4.22. The molecule has 0 aliphatic heterocycles. The van der Waals surface area contributed by atoms with E-state index in [1.165, 1.54) is 22.3 Å². The first-order valence-electron chi connectivity index (χ1n) is 13.6. The first-order chi connectivity index (χ1) is 17.0. The molecule has 0 heterocycles. The summed E-state index contributed by atoms with van der Waals surface area (Å²) in [6.07, 6.45) is 1.70. The molecule has 2 rings (SSSR count). The monoisotopic (exact) mass is 512 g/mol. The smallest absolute Gasteiger partial charge is 0.0875 e. The van der Waals surface area contributed by atoms with Crippen molar-refractivity contribution in [2.24, 2.45) is 0 Å². The maximum Gasteiger partial charge on any atom is 0.0875 e. The molecule has 0 aromatic heterocycles. The zero-order valence-electron chi connectivity index (χ0n) is 25.6. The second-order valence-corrected chi connectivity index (χ2v) is 12.9. The minimum absolute atomic E-state index is 0.127. The molecule has 0 N–H and O–H groups in total. The van der Waals surface area contributed by atoms with Crippen molar-refractivity contribution in [2.45, 2.75) is 110 Å². The van der Waals surface area contributed by atoms with E-state index >= 15 is 0 Å². The predicted octanol–water partition coefficient (Wildman–Crippen LogP) is 8.15. The first kappa shape index (κ1) is 31.5. The molecule has 0 unspecified atom stereocenters. The second-order valence-electron chi connectivity index (χ2n) is 12.9. The molecule has 0 fully saturated rings. The zero-order valence-corrected chi connectivity index (χ0v) is 25.6. The molecule has 208 valence electrons. The third kappa shape index (κ3) is 8.64. The average molecular weight is 513 g/mol. The van der Waals surface area contributed by atoms with Gasteiger partial charge < -0.3 is 18.9 Å². The summed E-state index contributed by atoms with van der Waals surface area (Å²) in [4.78, 5) is 0. The third-order valence-electron chi connectivity index (χ3n) is 8.04. The van der Waals surface area contributed by atoms with Crippen molar-refractivity contribution < 1.29 is 18.9 Å². The van der Waals surface area contributed by atoms with E-state index in [1.807, 2.05) is 0 Å². The van der Waals surface area contributed by atoms with Crippen molar-refractivity contribution in [1.82, 2.24) is 0 Å². The SMILES string of the molecule is COC(C)(C)CCOC(C)(C)c1ccc(C(C)(C)c2ccc(C(C)(C)OCCC(C)(C)OC)cc2)cc1. The van der Waals surface area contributed by atoms with Gasteiger partial charge in [0.25, 0.3) is 0 Å². The lowest BCUT2D eigenvalue weighted by atomic mass is 9.77. The molecular weight excluding hydrogens is 460 g/mol. The van der Waals surface area contributed by atoms with Crippen molar-refractivity contribution in [3.63, 3.8) is 0 Å². The largest absolute Gasteiger partial charge is 0.379 e. The van der Waals surface area contributed by atoms with Crippen LogP contribution in [-0.2, 0) is 35.6 Å². The highest BCUT2D eigenvalue weighted by atomic mass is 16.5. The number of hydrogen-bond donors (Lipinski definition) is 0. The molecule has 4 nitrogen and oxygen atoms in total. The van der Waals surface area contributed by atoms with Crippen molar-refractivity contribution >= 4 is 0 Å². The number of benzene rings is 2. The molecule has 2 aromatic rings. The maximum atomic E-state index is 6.26. The lowest BCUT2D eigenvalue weighted by Gasteiger charge is -2.32. The Labute approximate surface area is 227 Å². The Morgan fingerprint density at radius 2 is 0.730 bits per heavy atom. The van der Waals surface area contributed by atoms with Crippen molar-refractivity contribution in [3.05, 3.63) is 70.8 Å². The molecule has 0 spiro atoms. The Morgan fingerprint density at radius 1 is 0.459 bits per heavy atom. The molecule has 2 aromatic carbocycles. The lowest BCUT2D eigenvalue weighted by molar-refractivity contribution is -0.0614. The standard InChI is InChI=1S/C33H52O4/c1-29(2,34-11)21-23-36-32(7,8)27-17-13-25(14-18-27)31(5,6)26-15-19-28(20-16-26)33(9,10)37-24-22-30(3,4)35-12/h13-20H,21-24H2,1-12H3. The summed E-state index contributed by atoms with van der Waals surface area (Å²) in [6, 6.07) is 17.7. The van der Waals surface area contributed by atoms with Crippen LogP contribution >= 0.6 is 0 Å². The van der Waals surface area contributed by atoms with Gasteiger partial charge in [-0.25, -0.2) is 0 Å². The molecular formula is C33H52O4. The Kier molecular flexibility index (Phi) is 10.2. The van der Waals surface area contributed by atoms with E-state index in [4.69, 9.17) is 18.9 Å². The molecule has 0 bridgehead atoms. The van der Waals surface area contributed by atoms with Gasteiger partial charge in [-0.05, 0) is 90.5 Å². The zero-order chi connectivity index (χ0) is 28.1. The van der Waals surface area contributed by atoms with Gasteiger partial charge in [-0.1, -0.05) is 62.4 Å². The molecule has 4 heteroatoms. The minimum atomic E-state index is -0.363. The summed E-state index contributed by atoms with van der Waals surface area (Å²) < 4.78 is 23.6. The van der Waals surface area contributed by atoms with E-state index in [1.54, 1.807) is 14.2 Å². The molecule has 0 atom stereocenters. The molecule has 0 saturated heterocycles. The fraction of sp³-hybridized carbons (Fsp3) is 0.636. The number of hydrogen-bond acceptors (Lipinski definition) is 4. The van der Waals surface area contributed by atoms with Gasteiger partial charge in [0.2, 0.25) is 0 Å². The summed E-state index contributed by atoms with van der Waals surface area (Å²) in [5.41, 5.74) is 3.69. The summed E-state index contributed by atoms with van der Waals surface area (Å²) >= 11 is 0. The van der Waals surface area contributed by atoms with Crippen LogP contribution < -0.4 is 0 Å². The molecule has 0 amide bonds. The fourth-order valence-electron chi connectivity index (χ4n) is 4.22. The van der Waals surface area contributed by atoms with Crippen LogP contribution in [0.3, 0.4) is 0 Å². The van der Waals surface area contributed by atoms with Crippen molar-refractivity contribution in [1.29, 1.82) is 0 Å². The highest BCUT2D eigenvalue weighted by Crippen LogP contribution is 2.35. The molecule has 0 aliphatic rings.